The van der Waals surface area contributed by atoms with Crippen molar-refractivity contribution in [3.8, 4) is 5.75 Å². The van der Waals surface area contributed by atoms with Crippen molar-refractivity contribution in [1.82, 2.24) is 5.32 Å². The fourth-order valence-corrected chi connectivity index (χ4v) is 5.21. The second-order valence-electron chi connectivity index (χ2n) is 7.28. The molecule has 3 aromatic rings. The molecule has 4 rings (SSSR count). The fourth-order valence-electron chi connectivity index (χ4n) is 3.17. The Morgan fingerprint density at radius 3 is 2.44 bits per heavy atom. The number of ether oxygens (including phenoxy) is 1. The second-order valence-corrected chi connectivity index (χ2v) is 10.8. The van der Waals surface area contributed by atoms with E-state index in [0.717, 1.165) is 32.6 Å². The van der Waals surface area contributed by atoms with Crippen LogP contribution < -0.4 is 15.4 Å². The number of halogens is 2. The Bertz CT molecular complexity index is 1130. The number of amides is 1. The SMILES string of the molecule is CCc1ccc(N[C@@H]2NC(=O)/C(=C/c3ccc(OCc4ccc(I)cc4)c(I)c3)S2)cc1. The zero-order valence-corrected chi connectivity index (χ0v) is 22.5. The van der Waals surface area contributed by atoms with Gasteiger partial charge < -0.3 is 15.4 Å². The van der Waals surface area contributed by atoms with E-state index in [0.29, 0.717) is 11.5 Å². The van der Waals surface area contributed by atoms with Crippen molar-refractivity contribution in [3.05, 3.63) is 95.5 Å². The number of thioether (sulfide) groups is 1. The Morgan fingerprint density at radius 1 is 1.03 bits per heavy atom. The molecule has 0 aromatic heterocycles. The van der Waals surface area contributed by atoms with E-state index in [1.165, 1.54) is 20.9 Å². The van der Waals surface area contributed by atoms with Crippen LogP contribution in [0.4, 0.5) is 5.69 Å². The number of carbonyl (C=O) groups excluding carboxylic acids is 1. The molecular formula is C25H22I2N2O2S. The lowest BCUT2D eigenvalue weighted by Crippen LogP contribution is -2.30. The van der Waals surface area contributed by atoms with Gasteiger partial charge in [-0.25, -0.2) is 0 Å². The van der Waals surface area contributed by atoms with Gasteiger partial charge >= 0.3 is 0 Å². The molecule has 1 aliphatic heterocycles. The zero-order chi connectivity index (χ0) is 22.5. The number of hydrogen-bond acceptors (Lipinski definition) is 4. The number of nitrogens with one attached hydrogen (secondary N) is 2. The molecule has 3 aromatic carbocycles. The first-order chi connectivity index (χ1) is 15.5. The van der Waals surface area contributed by atoms with Gasteiger partial charge in [-0.2, -0.15) is 0 Å². The molecule has 1 heterocycles. The summed E-state index contributed by atoms with van der Waals surface area (Å²) in [6.07, 6.45) is 2.93. The summed E-state index contributed by atoms with van der Waals surface area (Å²) in [7, 11) is 0. The summed E-state index contributed by atoms with van der Waals surface area (Å²) in [5, 5.41) is 6.35. The summed E-state index contributed by atoms with van der Waals surface area (Å²) in [5.41, 5.74) is 4.21. The Balaban J connectivity index is 1.38. The van der Waals surface area contributed by atoms with E-state index in [1.807, 2.05) is 36.4 Å². The molecule has 0 radical (unpaired) electrons. The average molecular weight is 668 g/mol. The van der Waals surface area contributed by atoms with Crippen molar-refractivity contribution in [3.63, 3.8) is 0 Å². The maximum atomic E-state index is 12.4. The monoisotopic (exact) mass is 668 g/mol. The lowest BCUT2D eigenvalue weighted by atomic mass is 10.1. The van der Waals surface area contributed by atoms with E-state index in [1.54, 1.807) is 0 Å². The number of benzene rings is 3. The second kappa shape index (κ2) is 10.9. The van der Waals surface area contributed by atoms with Gasteiger partial charge in [0.05, 0.1) is 8.48 Å². The molecule has 1 fully saturated rings. The van der Waals surface area contributed by atoms with Gasteiger partial charge in [0.2, 0.25) is 0 Å². The van der Waals surface area contributed by atoms with E-state index in [9.17, 15) is 4.79 Å². The Kier molecular flexibility index (Phi) is 8.01. The first kappa shape index (κ1) is 23.4. The summed E-state index contributed by atoms with van der Waals surface area (Å²) >= 11 is 6.06. The highest BCUT2D eigenvalue weighted by Crippen LogP contribution is 2.31. The molecule has 0 bridgehead atoms. The minimum atomic E-state index is -0.183. The minimum Gasteiger partial charge on any atom is -0.488 e. The highest BCUT2D eigenvalue weighted by Gasteiger charge is 2.27. The van der Waals surface area contributed by atoms with Crippen molar-refractivity contribution in [2.45, 2.75) is 25.4 Å². The summed E-state index contributed by atoms with van der Waals surface area (Å²) in [5.74, 6) is 0.775. The topological polar surface area (TPSA) is 50.4 Å². The van der Waals surface area contributed by atoms with Gasteiger partial charge in [0.15, 0.2) is 5.50 Å². The molecule has 1 amide bonds. The van der Waals surface area contributed by atoms with Crippen molar-refractivity contribution < 1.29 is 9.53 Å². The molecule has 164 valence electrons. The summed E-state index contributed by atoms with van der Waals surface area (Å²) in [6, 6.07) is 22.6. The van der Waals surface area contributed by atoms with Crippen LogP contribution in [0.5, 0.6) is 5.75 Å². The first-order valence-electron chi connectivity index (χ1n) is 10.2. The van der Waals surface area contributed by atoms with Crippen molar-refractivity contribution >= 4 is 74.6 Å². The molecule has 1 saturated heterocycles. The summed E-state index contributed by atoms with van der Waals surface area (Å²) < 4.78 is 8.20. The maximum Gasteiger partial charge on any atom is 0.260 e. The Hall–Kier alpha value is -1.72. The predicted octanol–water partition coefficient (Wildman–Crippen LogP) is 6.64. The van der Waals surface area contributed by atoms with Crippen LogP contribution in [0.3, 0.4) is 0 Å². The van der Waals surface area contributed by atoms with Crippen LogP contribution in [0.25, 0.3) is 6.08 Å². The molecule has 0 spiro atoms. The Morgan fingerprint density at radius 2 is 1.75 bits per heavy atom. The molecule has 0 aliphatic carbocycles. The highest BCUT2D eigenvalue weighted by molar-refractivity contribution is 14.1. The van der Waals surface area contributed by atoms with Gasteiger partial charge in [0.25, 0.3) is 5.91 Å². The maximum absolute atomic E-state index is 12.4. The molecule has 4 nitrogen and oxygen atoms in total. The molecule has 2 N–H and O–H groups in total. The zero-order valence-electron chi connectivity index (χ0n) is 17.4. The molecule has 32 heavy (non-hydrogen) atoms. The number of anilines is 1. The van der Waals surface area contributed by atoms with E-state index >= 15 is 0 Å². The quantitative estimate of drug-likeness (QED) is 0.219. The molecule has 1 aliphatic rings. The molecule has 0 saturated carbocycles. The van der Waals surface area contributed by atoms with Gasteiger partial charge in [-0.1, -0.05) is 49.0 Å². The molecular weight excluding hydrogens is 646 g/mol. The molecule has 0 unspecified atom stereocenters. The van der Waals surface area contributed by atoms with Crippen LogP contribution in [-0.2, 0) is 17.8 Å². The Labute approximate surface area is 219 Å². The number of aryl methyl sites for hydroxylation is 1. The van der Waals surface area contributed by atoms with Gasteiger partial charge in [-0.05, 0) is 111 Å². The van der Waals surface area contributed by atoms with Crippen molar-refractivity contribution in [2.24, 2.45) is 0 Å². The smallest absolute Gasteiger partial charge is 0.260 e. The standard InChI is InChI=1S/C25H22I2N2O2S/c1-2-16-5-10-20(11-6-16)28-25-29-24(30)23(32-25)14-18-7-12-22(21(27)13-18)31-15-17-3-8-19(26)9-4-17/h3-14,25,28H,2,15H2,1H3,(H,29,30)/b23-14-/t25-/m1/s1. The molecule has 7 heteroatoms. The van der Waals surface area contributed by atoms with Crippen molar-refractivity contribution in [2.75, 3.05) is 5.32 Å². The molecule has 1 atom stereocenters. The third kappa shape index (κ3) is 6.20. The summed E-state index contributed by atoms with van der Waals surface area (Å²) in [4.78, 5) is 13.1. The first-order valence-corrected chi connectivity index (χ1v) is 13.3. The normalized spacial score (nSPS) is 16.8. The van der Waals surface area contributed by atoms with E-state index < -0.39 is 0 Å². The van der Waals surface area contributed by atoms with Gasteiger partial charge in [0.1, 0.15) is 12.4 Å². The van der Waals surface area contributed by atoms with Gasteiger partial charge in [0, 0.05) is 9.26 Å². The highest BCUT2D eigenvalue weighted by atomic mass is 127. The van der Waals surface area contributed by atoms with Crippen LogP contribution in [-0.4, -0.2) is 11.4 Å². The van der Waals surface area contributed by atoms with Crippen LogP contribution in [0.15, 0.2) is 71.6 Å². The lowest BCUT2D eigenvalue weighted by Gasteiger charge is -2.12. The van der Waals surface area contributed by atoms with Crippen LogP contribution in [0, 0.1) is 7.14 Å². The number of rotatable bonds is 7. The minimum absolute atomic E-state index is 0.0632. The van der Waals surface area contributed by atoms with Crippen LogP contribution in [0.2, 0.25) is 0 Å². The average Bonchev–Trinajstić information content (AvgIpc) is 3.13. The largest absolute Gasteiger partial charge is 0.488 e. The fraction of sp³-hybridized carbons (Fsp3) is 0.160. The van der Waals surface area contributed by atoms with Gasteiger partial charge in [-0.3, -0.25) is 4.79 Å². The van der Waals surface area contributed by atoms with E-state index in [4.69, 9.17) is 4.74 Å². The van der Waals surface area contributed by atoms with Gasteiger partial charge in [-0.15, -0.1) is 0 Å². The van der Waals surface area contributed by atoms with Crippen molar-refractivity contribution in [1.29, 1.82) is 0 Å². The number of hydrogen-bond donors (Lipinski definition) is 2. The van der Waals surface area contributed by atoms with Crippen LogP contribution >= 0.6 is 56.9 Å². The summed E-state index contributed by atoms with van der Waals surface area (Å²) in [6.45, 7) is 2.66. The lowest BCUT2D eigenvalue weighted by molar-refractivity contribution is -0.116. The predicted molar refractivity (Wildman–Crippen MR) is 150 cm³/mol. The van der Waals surface area contributed by atoms with E-state index in [2.05, 4.69) is 99.1 Å². The van der Waals surface area contributed by atoms with Crippen LogP contribution in [0.1, 0.15) is 23.6 Å². The number of carbonyl (C=O) groups is 1. The third-order valence-corrected chi connectivity index (χ3v) is 7.54. The van der Waals surface area contributed by atoms with E-state index in [-0.39, 0.29) is 11.4 Å². The third-order valence-electron chi connectivity index (χ3n) is 4.95.